The van der Waals surface area contributed by atoms with E-state index in [1.54, 1.807) is 0 Å². The highest BCUT2D eigenvalue weighted by molar-refractivity contribution is 4.75. The van der Waals surface area contributed by atoms with Crippen molar-refractivity contribution >= 4 is 0 Å². The van der Waals surface area contributed by atoms with Crippen molar-refractivity contribution < 1.29 is 5.11 Å². The van der Waals surface area contributed by atoms with Gasteiger partial charge in [0.1, 0.15) is 0 Å². The third-order valence-corrected chi connectivity index (χ3v) is 3.32. The summed E-state index contributed by atoms with van der Waals surface area (Å²) in [5.41, 5.74) is 0. The zero-order valence-electron chi connectivity index (χ0n) is 12.5. The molecule has 0 radical (unpaired) electrons. The average Bonchev–Trinajstić information content (AvgIpc) is 2.28. The summed E-state index contributed by atoms with van der Waals surface area (Å²) in [6, 6.07) is 0.447. The zero-order chi connectivity index (χ0) is 13.5. The molecule has 1 rings (SSSR count). The average molecular weight is 257 g/mol. The Morgan fingerprint density at radius 2 is 1.44 bits per heavy atom. The quantitative estimate of drug-likeness (QED) is 0.701. The van der Waals surface area contributed by atoms with E-state index >= 15 is 0 Å². The molecule has 1 saturated heterocycles. The van der Waals surface area contributed by atoms with E-state index in [1.165, 1.54) is 6.54 Å². The Bertz CT molecular complexity index is 213. The predicted octanol–water partition coefficient (Wildman–Crippen LogP) is 0.619. The number of nitrogens with zero attached hydrogens (tertiary/aromatic N) is 2. The zero-order valence-corrected chi connectivity index (χ0v) is 12.5. The SMILES string of the molecule is CC(C)CN1CCN(CC(O)CNC(C)C)CC1. The lowest BCUT2D eigenvalue weighted by molar-refractivity contribution is 0.0679. The minimum absolute atomic E-state index is 0.246. The Kier molecular flexibility index (Phi) is 7.15. The van der Waals surface area contributed by atoms with Crippen molar-refractivity contribution in [1.82, 2.24) is 15.1 Å². The molecule has 1 fully saturated rings. The van der Waals surface area contributed by atoms with Gasteiger partial charge in [-0.05, 0) is 5.92 Å². The lowest BCUT2D eigenvalue weighted by atomic mass is 10.2. The fraction of sp³-hybridized carbons (Fsp3) is 1.00. The number of rotatable bonds is 7. The van der Waals surface area contributed by atoms with Gasteiger partial charge in [0.15, 0.2) is 0 Å². The van der Waals surface area contributed by atoms with Gasteiger partial charge in [-0.2, -0.15) is 0 Å². The number of nitrogens with one attached hydrogen (secondary N) is 1. The highest BCUT2D eigenvalue weighted by Crippen LogP contribution is 2.05. The molecule has 0 aromatic carbocycles. The minimum atomic E-state index is -0.246. The van der Waals surface area contributed by atoms with Crippen LogP contribution < -0.4 is 5.32 Å². The fourth-order valence-electron chi connectivity index (χ4n) is 2.41. The van der Waals surface area contributed by atoms with Crippen LogP contribution in [0.25, 0.3) is 0 Å². The first-order valence-electron chi connectivity index (χ1n) is 7.33. The van der Waals surface area contributed by atoms with E-state index in [2.05, 4.69) is 42.8 Å². The minimum Gasteiger partial charge on any atom is -0.390 e. The van der Waals surface area contributed by atoms with Crippen LogP contribution in [0.1, 0.15) is 27.7 Å². The molecule has 0 aliphatic carbocycles. The molecular formula is C14H31N3O. The van der Waals surface area contributed by atoms with Gasteiger partial charge in [0.2, 0.25) is 0 Å². The maximum Gasteiger partial charge on any atom is 0.0791 e. The van der Waals surface area contributed by atoms with Crippen LogP contribution in [0, 0.1) is 5.92 Å². The van der Waals surface area contributed by atoms with Gasteiger partial charge in [0, 0.05) is 51.9 Å². The standard InChI is InChI=1S/C14H31N3O/c1-12(2)10-16-5-7-17(8-6-16)11-14(18)9-15-13(3)4/h12-15,18H,5-11H2,1-4H3. The molecule has 1 aliphatic heterocycles. The molecule has 4 nitrogen and oxygen atoms in total. The summed E-state index contributed by atoms with van der Waals surface area (Å²) in [4.78, 5) is 4.91. The molecule has 1 unspecified atom stereocenters. The fourth-order valence-corrected chi connectivity index (χ4v) is 2.41. The third kappa shape index (κ3) is 6.69. The Hall–Kier alpha value is -0.160. The molecule has 1 atom stereocenters. The summed E-state index contributed by atoms with van der Waals surface area (Å²) in [7, 11) is 0. The number of hydrogen-bond acceptors (Lipinski definition) is 4. The van der Waals surface area contributed by atoms with Crippen molar-refractivity contribution in [1.29, 1.82) is 0 Å². The van der Waals surface area contributed by atoms with Crippen LogP contribution in [0.3, 0.4) is 0 Å². The smallest absolute Gasteiger partial charge is 0.0791 e. The van der Waals surface area contributed by atoms with Crippen molar-refractivity contribution in [2.75, 3.05) is 45.8 Å². The molecule has 0 amide bonds. The van der Waals surface area contributed by atoms with Crippen LogP contribution in [-0.4, -0.2) is 72.9 Å². The molecule has 0 aromatic heterocycles. The number of aliphatic hydroxyl groups excluding tert-OH is 1. The van der Waals surface area contributed by atoms with Crippen molar-refractivity contribution in [2.45, 2.75) is 39.8 Å². The van der Waals surface area contributed by atoms with E-state index in [0.717, 1.165) is 38.6 Å². The second-order valence-corrected chi connectivity index (χ2v) is 6.21. The van der Waals surface area contributed by atoms with Crippen LogP contribution in [-0.2, 0) is 0 Å². The topological polar surface area (TPSA) is 38.7 Å². The molecule has 2 N–H and O–H groups in total. The van der Waals surface area contributed by atoms with Gasteiger partial charge in [-0.1, -0.05) is 27.7 Å². The summed E-state index contributed by atoms with van der Waals surface area (Å²) in [5, 5.41) is 13.2. The van der Waals surface area contributed by atoms with Gasteiger partial charge in [-0.15, -0.1) is 0 Å². The Labute approximate surface area is 112 Å². The van der Waals surface area contributed by atoms with E-state index in [9.17, 15) is 5.11 Å². The molecule has 1 heterocycles. The number of hydrogen-bond donors (Lipinski definition) is 2. The molecule has 0 aromatic rings. The maximum atomic E-state index is 9.94. The van der Waals surface area contributed by atoms with Crippen LogP contribution in [0.15, 0.2) is 0 Å². The van der Waals surface area contributed by atoms with Gasteiger partial charge < -0.3 is 15.3 Å². The van der Waals surface area contributed by atoms with Crippen LogP contribution >= 0.6 is 0 Å². The van der Waals surface area contributed by atoms with Crippen molar-refractivity contribution in [3.05, 3.63) is 0 Å². The normalized spacial score (nSPS) is 20.8. The summed E-state index contributed by atoms with van der Waals surface area (Å²) in [5.74, 6) is 0.748. The second kappa shape index (κ2) is 8.10. The largest absolute Gasteiger partial charge is 0.390 e. The molecule has 18 heavy (non-hydrogen) atoms. The molecule has 4 heteroatoms. The van der Waals surface area contributed by atoms with Gasteiger partial charge in [0.05, 0.1) is 6.10 Å². The number of piperazine rings is 1. The highest BCUT2D eigenvalue weighted by atomic mass is 16.3. The molecule has 108 valence electrons. The van der Waals surface area contributed by atoms with Crippen molar-refractivity contribution in [2.24, 2.45) is 5.92 Å². The van der Waals surface area contributed by atoms with Crippen molar-refractivity contribution in [3.8, 4) is 0 Å². The maximum absolute atomic E-state index is 9.94. The molecule has 1 aliphatic rings. The summed E-state index contributed by atoms with van der Waals surface area (Å²) in [6.07, 6.45) is -0.246. The van der Waals surface area contributed by atoms with E-state index in [4.69, 9.17) is 0 Å². The second-order valence-electron chi connectivity index (χ2n) is 6.21. The van der Waals surface area contributed by atoms with Crippen LogP contribution in [0.2, 0.25) is 0 Å². The molecule has 0 spiro atoms. The Morgan fingerprint density at radius 1 is 0.944 bits per heavy atom. The summed E-state index contributed by atoms with van der Waals surface area (Å²) < 4.78 is 0. The Morgan fingerprint density at radius 3 is 1.89 bits per heavy atom. The van der Waals surface area contributed by atoms with Gasteiger partial charge in [-0.25, -0.2) is 0 Å². The van der Waals surface area contributed by atoms with Crippen LogP contribution in [0.5, 0.6) is 0 Å². The van der Waals surface area contributed by atoms with E-state index in [-0.39, 0.29) is 6.10 Å². The summed E-state index contributed by atoms with van der Waals surface area (Å²) in [6.45, 7) is 15.9. The predicted molar refractivity (Wildman–Crippen MR) is 76.9 cm³/mol. The lowest BCUT2D eigenvalue weighted by Gasteiger charge is -2.36. The van der Waals surface area contributed by atoms with Crippen molar-refractivity contribution in [3.63, 3.8) is 0 Å². The Balaban J connectivity index is 2.14. The monoisotopic (exact) mass is 257 g/mol. The van der Waals surface area contributed by atoms with Gasteiger partial charge >= 0.3 is 0 Å². The molecule has 0 bridgehead atoms. The van der Waals surface area contributed by atoms with E-state index in [0.29, 0.717) is 12.6 Å². The van der Waals surface area contributed by atoms with Gasteiger partial charge in [0.25, 0.3) is 0 Å². The summed E-state index contributed by atoms with van der Waals surface area (Å²) >= 11 is 0. The van der Waals surface area contributed by atoms with Crippen LogP contribution in [0.4, 0.5) is 0 Å². The van der Waals surface area contributed by atoms with Gasteiger partial charge in [-0.3, -0.25) is 4.90 Å². The molecule has 0 saturated carbocycles. The lowest BCUT2D eigenvalue weighted by Crippen LogP contribution is -2.50. The van der Waals surface area contributed by atoms with E-state index < -0.39 is 0 Å². The first-order chi connectivity index (χ1) is 8.47. The number of aliphatic hydroxyl groups is 1. The molecular weight excluding hydrogens is 226 g/mol. The number of β-amino-alcohol motifs (C(OH)–C–C–N with tert-alkyl or cyclic N) is 1. The third-order valence-electron chi connectivity index (χ3n) is 3.32. The first kappa shape index (κ1) is 15.9. The van der Waals surface area contributed by atoms with E-state index in [1.807, 2.05) is 0 Å². The highest BCUT2D eigenvalue weighted by Gasteiger charge is 2.19. The first-order valence-corrected chi connectivity index (χ1v) is 7.33.